The highest BCUT2D eigenvalue weighted by atomic mass is 32.2. The van der Waals surface area contributed by atoms with Gasteiger partial charge in [-0.15, -0.1) is 11.3 Å². The van der Waals surface area contributed by atoms with E-state index in [-0.39, 0.29) is 6.04 Å². The van der Waals surface area contributed by atoms with Crippen LogP contribution in [0, 0.1) is 0 Å². The number of thiophene rings is 1. The van der Waals surface area contributed by atoms with Crippen LogP contribution in [0.2, 0.25) is 0 Å². The van der Waals surface area contributed by atoms with Gasteiger partial charge in [0, 0.05) is 31.2 Å². The second kappa shape index (κ2) is 7.65. The van der Waals surface area contributed by atoms with E-state index >= 15 is 0 Å². The highest BCUT2D eigenvalue weighted by Crippen LogP contribution is 2.22. The molecule has 0 atom stereocenters. The number of piperidine rings is 1. The number of hydrogen-bond donors (Lipinski definition) is 1. The lowest BCUT2D eigenvalue weighted by molar-refractivity contribution is 0.198. The van der Waals surface area contributed by atoms with E-state index in [2.05, 4.69) is 15.7 Å². The van der Waals surface area contributed by atoms with Crippen LogP contribution in [-0.2, 0) is 16.6 Å². The lowest BCUT2D eigenvalue weighted by Crippen LogP contribution is -2.44. The Morgan fingerprint density at radius 2 is 1.96 bits per heavy atom. The molecule has 0 aliphatic carbocycles. The minimum absolute atomic E-state index is 0.00557. The highest BCUT2D eigenvalue weighted by molar-refractivity contribution is 7.91. The number of hydrogen-bond acceptors (Lipinski definition) is 5. The molecule has 1 saturated heterocycles. The number of nitrogens with zero attached hydrogens (tertiary/aromatic N) is 1. The van der Waals surface area contributed by atoms with Gasteiger partial charge in [0.1, 0.15) is 9.96 Å². The maximum absolute atomic E-state index is 12.3. The third-order valence-electron chi connectivity index (χ3n) is 4.26. The van der Waals surface area contributed by atoms with Gasteiger partial charge in [-0.3, -0.25) is 4.90 Å². The normalized spacial score (nSPS) is 17.0. The van der Waals surface area contributed by atoms with E-state index in [0.29, 0.717) is 4.21 Å². The summed E-state index contributed by atoms with van der Waals surface area (Å²) in [5.74, 6) is 0.901. The summed E-state index contributed by atoms with van der Waals surface area (Å²) in [7, 11) is -1.69. The smallest absolute Gasteiger partial charge is 0.250 e. The number of para-hydroxylation sites is 1. The molecule has 1 fully saturated rings. The largest absolute Gasteiger partial charge is 0.496 e. The molecular weight excluding hydrogens is 344 g/mol. The van der Waals surface area contributed by atoms with E-state index in [1.54, 1.807) is 24.6 Å². The van der Waals surface area contributed by atoms with E-state index in [9.17, 15) is 8.42 Å². The predicted octanol–water partition coefficient (Wildman–Crippen LogP) is 2.70. The van der Waals surface area contributed by atoms with Gasteiger partial charge in [-0.2, -0.15) is 0 Å². The summed E-state index contributed by atoms with van der Waals surface area (Å²) in [6.07, 6.45) is 1.64. The van der Waals surface area contributed by atoms with Crippen LogP contribution in [0.5, 0.6) is 5.75 Å². The first-order valence-electron chi connectivity index (χ1n) is 7.98. The van der Waals surface area contributed by atoms with E-state index in [4.69, 9.17) is 4.74 Å². The Hall–Kier alpha value is -1.41. The summed E-state index contributed by atoms with van der Waals surface area (Å²) >= 11 is 1.25. The van der Waals surface area contributed by atoms with E-state index in [0.717, 1.165) is 43.8 Å². The number of methoxy groups -OCH3 is 1. The fourth-order valence-electron chi connectivity index (χ4n) is 2.98. The summed E-state index contributed by atoms with van der Waals surface area (Å²) < 4.78 is 33.2. The number of nitrogens with one attached hydrogen (secondary N) is 1. The summed E-state index contributed by atoms with van der Waals surface area (Å²) in [6, 6.07) is 11.4. The molecule has 2 aromatic rings. The molecule has 1 aliphatic rings. The van der Waals surface area contributed by atoms with Gasteiger partial charge >= 0.3 is 0 Å². The first kappa shape index (κ1) is 17.4. The van der Waals surface area contributed by atoms with E-state index in [1.165, 1.54) is 11.3 Å². The van der Waals surface area contributed by atoms with Crippen molar-refractivity contribution in [2.45, 2.75) is 29.6 Å². The fourth-order valence-corrected chi connectivity index (χ4v) is 5.29. The average molecular weight is 367 g/mol. The molecule has 0 radical (unpaired) electrons. The van der Waals surface area contributed by atoms with Crippen LogP contribution in [0.15, 0.2) is 46.0 Å². The Kier molecular flexibility index (Phi) is 5.55. The predicted molar refractivity (Wildman–Crippen MR) is 95.9 cm³/mol. The van der Waals surface area contributed by atoms with Crippen LogP contribution in [0.1, 0.15) is 18.4 Å². The van der Waals surface area contributed by atoms with Gasteiger partial charge in [0.05, 0.1) is 7.11 Å². The summed E-state index contributed by atoms with van der Waals surface area (Å²) in [4.78, 5) is 2.34. The third-order valence-corrected chi connectivity index (χ3v) is 7.17. The van der Waals surface area contributed by atoms with Crippen LogP contribution in [-0.4, -0.2) is 39.6 Å². The molecule has 1 N–H and O–H groups in total. The quantitative estimate of drug-likeness (QED) is 0.854. The van der Waals surface area contributed by atoms with Crippen LogP contribution in [0.3, 0.4) is 0 Å². The molecule has 0 saturated carbocycles. The van der Waals surface area contributed by atoms with Crippen molar-refractivity contribution < 1.29 is 13.2 Å². The zero-order valence-corrected chi connectivity index (χ0v) is 15.3. The van der Waals surface area contributed by atoms with Gasteiger partial charge in [-0.1, -0.05) is 24.3 Å². The molecular formula is C17H22N2O3S2. The topological polar surface area (TPSA) is 58.6 Å². The van der Waals surface area contributed by atoms with Gasteiger partial charge < -0.3 is 4.74 Å². The number of benzene rings is 1. The van der Waals surface area contributed by atoms with E-state index in [1.807, 2.05) is 18.2 Å². The molecule has 1 aromatic carbocycles. The maximum Gasteiger partial charge on any atom is 0.250 e. The zero-order chi connectivity index (χ0) is 17.0. The van der Waals surface area contributed by atoms with E-state index < -0.39 is 10.0 Å². The monoisotopic (exact) mass is 366 g/mol. The van der Waals surface area contributed by atoms with Gasteiger partial charge in [-0.25, -0.2) is 13.1 Å². The van der Waals surface area contributed by atoms with Crippen LogP contribution in [0.25, 0.3) is 0 Å². The molecule has 130 valence electrons. The molecule has 0 spiro atoms. The van der Waals surface area contributed by atoms with Gasteiger partial charge in [0.2, 0.25) is 10.0 Å². The molecule has 2 heterocycles. The molecule has 0 unspecified atom stereocenters. The van der Waals surface area contributed by atoms with Gasteiger partial charge in [-0.05, 0) is 30.4 Å². The van der Waals surface area contributed by atoms with Crippen molar-refractivity contribution in [2.75, 3.05) is 20.2 Å². The van der Waals surface area contributed by atoms with Crippen LogP contribution >= 0.6 is 11.3 Å². The van der Waals surface area contributed by atoms with Crippen molar-refractivity contribution in [1.29, 1.82) is 0 Å². The Labute approximate surface area is 147 Å². The number of likely N-dealkylation sites (tertiary alicyclic amines) is 1. The third kappa shape index (κ3) is 4.16. The SMILES string of the molecule is COc1ccccc1CN1CCC(NS(=O)(=O)c2cccs2)CC1. The molecule has 1 aliphatic heterocycles. The van der Waals surface area contributed by atoms with Gasteiger partial charge in [0.15, 0.2) is 0 Å². The molecule has 1 aromatic heterocycles. The Balaban J connectivity index is 1.54. The molecule has 0 bridgehead atoms. The second-order valence-corrected chi connectivity index (χ2v) is 8.80. The summed E-state index contributed by atoms with van der Waals surface area (Å²) in [6.45, 7) is 2.57. The lowest BCUT2D eigenvalue weighted by atomic mass is 10.1. The van der Waals surface area contributed by atoms with Crippen molar-refractivity contribution in [3.05, 3.63) is 47.3 Å². The van der Waals surface area contributed by atoms with Crippen molar-refractivity contribution in [3.8, 4) is 5.75 Å². The number of sulfonamides is 1. The molecule has 0 amide bonds. The van der Waals surface area contributed by atoms with Crippen molar-refractivity contribution in [3.63, 3.8) is 0 Å². The standard InChI is InChI=1S/C17H22N2O3S2/c1-22-16-6-3-2-5-14(16)13-19-10-8-15(9-11-19)18-24(20,21)17-7-4-12-23-17/h2-7,12,15,18H,8-11,13H2,1H3. The zero-order valence-electron chi connectivity index (χ0n) is 13.6. The Morgan fingerprint density at radius 3 is 2.62 bits per heavy atom. The molecule has 7 heteroatoms. The molecule has 24 heavy (non-hydrogen) atoms. The summed E-state index contributed by atoms with van der Waals surface area (Å²) in [5, 5.41) is 1.78. The maximum atomic E-state index is 12.3. The Bertz CT molecular complexity index is 752. The highest BCUT2D eigenvalue weighted by Gasteiger charge is 2.25. The minimum Gasteiger partial charge on any atom is -0.496 e. The van der Waals surface area contributed by atoms with Gasteiger partial charge in [0.25, 0.3) is 0 Å². The van der Waals surface area contributed by atoms with Crippen LogP contribution < -0.4 is 9.46 Å². The lowest BCUT2D eigenvalue weighted by Gasteiger charge is -2.32. The minimum atomic E-state index is -3.37. The first-order chi connectivity index (χ1) is 11.6. The second-order valence-electron chi connectivity index (χ2n) is 5.92. The van der Waals surface area contributed by atoms with Crippen molar-refractivity contribution >= 4 is 21.4 Å². The average Bonchev–Trinajstić information content (AvgIpc) is 3.12. The molecule has 3 rings (SSSR count). The number of ether oxygens (including phenoxy) is 1. The first-order valence-corrected chi connectivity index (χ1v) is 10.3. The summed E-state index contributed by atoms with van der Waals surface area (Å²) in [5.41, 5.74) is 1.16. The van der Waals surface area contributed by atoms with Crippen LogP contribution in [0.4, 0.5) is 0 Å². The Morgan fingerprint density at radius 1 is 1.21 bits per heavy atom. The fraction of sp³-hybridized carbons (Fsp3) is 0.412. The van der Waals surface area contributed by atoms with Crippen molar-refractivity contribution in [2.24, 2.45) is 0 Å². The molecule has 5 nitrogen and oxygen atoms in total. The van der Waals surface area contributed by atoms with Crippen molar-refractivity contribution in [1.82, 2.24) is 9.62 Å². The number of rotatable bonds is 6.